The maximum Gasteiger partial charge on any atom is 0.317 e. The first-order valence-electron chi connectivity index (χ1n) is 8.96. The van der Waals surface area contributed by atoms with Gasteiger partial charge < -0.3 is 15.1 Å². The van der Waals surface area contributed by atoms with Crippen LogP contribution in [0.1, 0.15) is 37.7 Å². The quantitative estimate of drug-likeness (QED) is 0.670. The molecule has 2 heterocycles. The van der Waals surface area contributed by atoms with Crippen LogP contribution < -0.4 is 10.2 Å². The summed E-state index contributed by atoms with van der Waals surface area (Å²) < 4.78 is 0. The molecular formula is C17H25N5O3. The van der Waals surface area contributed by atoms with E-state index in [4.69, 9.17) is 0 Å². The van der Waals surface area contributed by atoms with E-state index in [0.29, 0.717) is 32.2 Å². The molecule has 1 aliphatic heterocycles. The lowest BCUT2D eigenvalue weighted by Gasteiger charge is -2.37. The van der Waals surface area contributed by atoms with Crippen molar-refractivity contribution < 1.29 is 9.72 Å². The van der Waals surface area contributed by atoms with E-state index < -0.39 is 4.92 Å². The number of urea groups is 1. The van der Waals surface area contributed by atoms with Crippen molar-refractivity contribution in [2.24, 2.45) is 0 Å². The van der Waals surface area contributed by atoms with Crippen LogP contribution in [0, 0.1) is 17.0 Å². The first-order chi connectivity index (χ1) is 12.0. The van der Waals surface area contributed by atoms with Gasteiger partial charge in [-0.25, -0.2) is 9.78 Å². The summed E-state index contributed by atoms with van der Waals surface area (Å²) in [6.07, 6.45) is 7.12. The van der Waals surface area contributed by atoms with Gasteiger partial charge in [-0.15, -0.1) is 0 Å². The van der Waals surface area contributed by atoms with Crippen LogP contribution in [0.25, 0.3) is 0 Å². The second-order valence-electron chi connectivity index (χ2n) is 6.85. The lowest BCUT2D eigenvalue weighted by atomic mass is 9.96. The predicted molar refractivity (Wildman–Crippen MR) is 94.8 cm³/mol. The summed E-state index contributed by atoms with van der Waals surface area (Å²) in [6.45, 7) is 4.47. The third-order valence-corrected chi connectivity index (χ3v) is 5.05. The van der Waals surface area contributed by atoms with Crippen LogP contribution in [-0.2, 0) is 0 Å². The minimum Gasteiger partial charge on any atom is -0.353 e. The third kappa shape index (κ3) is 4.18. The number of pyridine rings is 1. The molecule has 8 heteroatoms. The molecule has 1 saturated carbocycles. The molecule has 8 nitrogen and oxygen atoms in total. The smallest absolute Gasteiger partial charge is 0.317 e. The highest BCUT2D eigenvalue weighted by atomic mass is 16.6. The van der Waals surface area contributed by atoms with Crippen LogP contribution in [0.15, 0.2) is 12.3 Å². The number of carbonyl (C=O) groups is 1. The van der Waals surface area contributed by atoms with Gasteiger partial charge in [-0.05, 0) is 25.3 Å². The number of piperazine rings is 1. The highest BCUT2D eigenvalue weighted by Gasteiger charge is 2.25. The maximum atomic E-state index is 12.4. The van der Waals surface area contributed by atoms with Gasteiger partial charge in [-0.3, -0.25) is 10.1 Å². The van der Waals surface area contributed by atoms with Gasteiger partial charge in [0.25, 0.3) is 5.69 Å². The first kappa shape index (κ1) is 17.4. The molecule has 1 aliphatic carbocycles. The van der Waals surface area contributed by atoms with Crippen LogP contribution in [-0.4, -0.2) is 53.1 Å². The molecule has 1 aromatic rings. The van der Waals surface area contributed by atoms with E-state index in [0.717, 1.165) is 24.2 Å². The number of nitrogens with zero attached hydrogens (tertiary/aromatic N) is 4. The molecule has 0 spiro atoms. The van der Waals surface area contributed by atoms with Crippen molar-refractivity contribution in [2.75, 3.05) is 31.1 Å². The number of hydrogen-bond donors (Lipinski definition) is 1. The predicted octanol–water partition coefficient (Wildman–Crippen LogP) is 2.46. The van der Waals surface area contributed by atoms with Crippen LogP contribution in [0.4, 0.5) is 16.3 Å². The number of nitrogens with one attached hydrogen (secondary N) is 1. The summed E-state index contributed by atoms with van der Waals surface area (Å²) in [5, 5.41) is 14.0. The number of rotatable bonds is 3. The monoisotopic (exact) mass is 347 g/mol. The van der Waals surface area contributed by atoms with E-state index in [1.165, 1.54) is 25.5 Å². The minimum absolute atomic E-state index is 0.00625. The van der Waals surface area contributed by atoms with Crippen LogP contribution >= 0.6 is 0 Å². The van der Waals surface area contributed by atoms with Crippen LogP contribution in [0.3, 0.4) is 0 Å². The number of aromatic nitrogens is 1. The fraction of sp³-hybridized carbons (Fsp3) is 0.647. The lowest BCUT2D eigenvalue weighted by Crippen LogP contribution is -2.54. The number of hydrogen-bond acceptors (Lipinski definition) is 5. The topological polar surface area (TPSA) is 91.6 Å². The van der Waals surface area contributed by atoms with E-state index in [9.17, 15) is 14.9 Å². The van der Waals surface area contributed by atoms with Crippen molar-refractivity contribution >= 4 is 17.5 Å². The molecular weight excluding hydrogens is 322 g/mol. The number of carbonyl (C=O) groups excluding carboxylic acids is 1. The van der Waals surface area contributed by atoms with Gasteiger partial charge in [0.05, 0.1) is 4.92 Å². The summed E-state index contributed by atoms with van der Waals surface area (Å²) in [7, 11) is 0. The Bertz CT molecular complexity index is 637. The molecule has 2 aliphatic rings. The SMILES string of the molecule is Cc1cc([N+](=O)[O-])cnc1N1CCN(C(=O)NC2CCCCC2)CC1. The zero-order valence-electron chi connectivity index (χ0n) is 14.6. The highest BCUT2D eigenvalue weighted by molar-refractivity contribution is 5.75. The zero-order chi connectivity index (χ0) is 17.8. The molecule has 136 valence electrons. The van der Waals surface area contributed by atoms with E-state index in [1.54, 1.807) is 6.07 Å². The Hall–Kier alpha value is -2.38. The number of aryl methyl sites for hydroxylation is 1. The normalized spacial score (nSPS) is 18.9. The summed E-state index contributed by atoms with van der Waals surface area (Å²) in [4.78, 5) is 31.0. The Labute approximate surface area is 147 Å². The largest absolute Gasteiger partial charge is 0.353 e. The van der Waals surface area contributed by atoms with Gasteiger partial charge in [0.2, 0.25) is 0 Å². The Morgan fingerprint density at radius 2 is 1.92 bits per heavy atom. The Balaban J connectivity index is 1.54. The fourth-order valence-corrected chi connectivity index (χ4v) is 3.62. The van der Waals surface area contributed by atoms with Gasteiger partial charge in [0, 0.05) is 38.3 Å². The van der Waals surface area contributed by atoms with E-state index in [1.807, 2.05) is 11.8 Å². The molecule has 1 aromatic heterocycles. The summed E-state index contributed by atoms with van der Waals surface area (Å²) in [5.41, 5.74) is 0.793. The van der Waals surface area contributed by atoms with Gasteiger partial charge >= 0.3 is 6.03 Å². The minimum atomic E-state index is -0.433. The molecule has 3 rings (SSSR count). The van der Waals surface area contributed by atoms with Crippen molar-refractivity contribution in [3.63, 3.8) is 0 Å². The molecule has 1 N–H and O–H groups in total. The fourth-order valence-electron chi connectivity index (χ4n) is 3.62. The van der Waals surface area contributed by atoms with Gasteiger partial charge in [0.1, 0.15) is 12.0 Å². The van der Waals surface area contributed by atoms with Gasteiger partial charge in [-0.1, -0.05) is 19.3 Å². The highest BCUT2D eigenvalue weighted by Crippen LogP contribution is 2.23. The van der Waals surface area contributed by atoms with E-state index >= 15 is 0 Å². The molecule has 0 bridgehead atoms. The molecule has 25 heavy (non-hydrogen) atoms. The first-order valence-corrected chi connectivity index (χ1v) is 8.96. The summed E-state index contributed by atoms with van der Waals surface area (Å²) >= 11 is 0. The molecule has 0 radical (unpaired) electrons. The second-order valence-corrected chi connectivity index (χ2v) is 6.85. The van der Waals surface area contributed by atoms with Crippen molar-refractivity contribution in [2.45, 2.75) is 45.1 Å². The van der Waals surface area contributed by atoms with Gasteiger partial charge in [-0.2, -0.15) is 0 Å². The Kier molecular flexibility index (Phi) is 5.35. The summed E-state index contributed by atoms with van der Waals surface area (Å²) in [6, 6.07) is 1.89. The third-order valence-electron chi connectivity index (χ3n) is 5.05. The second kappa shape index (κ2) is 7.67. The van der Waals surface area contributed by atoms with Crippen molar-refractivity contribution in [3.05, 3.63) is 27.9 Å². The number of nitro groups is 1. The summed E-state index contributed by atoms with van der Waals surface area (Å²) in [5.74, 6) is 0.762. The van der Waals surface area contributed by atoms with Crippen molar-refractivity contribution in [3.8, 4) is 0 Å². The average molecular weight is 347 g/mol. The molecule has 1 saturated heterocycles. The lowest BCUT2D eigenvalue weighted by molar-refractivity contribution is -0.385. The number of anilines is 1. The Morgan fingerprint density at radius 1 is 1.24 bits per heavy atom. The molecule has 0 aromatic carbocycles. The Morgan fingerprint density at radius 3 is 2.52 bits per heavy atom. The van der Waals surface area contributed by atoms with E-state index in [2.05, 4.69) is 15.2 Å². The van der Waals surface area contributed by atoms with Crippen molar-refractivity contribution in [1.82, 2.24) is 15.2 Å². The van der Waals surface area contributed by atoms with Crippen LogP contribution in [0.2, 0.25) is 0 Å². The molecule has 2 amide bonds. The van der Waals surface area contributed by atoms with Crippen LogP contribution in [0.5, 0.6) is 0 Å². The maximum absolute atomic E-state index is 12.4. The molecule has 0 atom stereocenters. The van der Waals surface area contributed by atoms with E-state index in [-0.39, 0.29) is 11.7 Å². The molecule has 2 fully saturated rings. The standard InChI is InChI=1S/C17H25N5O3/c1-13-11-15(22(24)25)12-18-16(13)20-7-9-21(10-8-20)17(23)19-14-5-3-2-4-6-14/h11-12,14H,2-10H2,1H3,(H,19,23). The zero-order valence-corrected chi connectivity index (χ0v) is 14.6. The number of amides is 2. The van der Waals surface area contributed by atoms with Crippen molar-refractivity contribution in [1.29, 1.82) is 0 Å². The van der Waals surface area contributed by atoms with Gasteiger partial charge in [0.15, 0.2) is 0 Å². The average Bonchev–Trinajstić information content (AvgIpc) is 2.62. The molecule has 0 unspecified atom stereocenters.